The van der Waals surface area contributed by atoms with Crippen molar-refractivity contribution >= 4 is 17.8 Å². The van der Waals surface area contributed by atoms with Crippen molar-refractivity contribution in [1.82, 2.24) is 4.98 Å². The number of oxazole rings is 1. The van der Waals surface area contributed by atoms with E-state index in [9.17, 15) is 4.39 Å². The molecule has 23 heavy (non-hydrogen) atoms. The Morgan fingerprint density at radius 3 is 2.74 bits per heavy atom. The molecule has 0 aliphatic heterocycles. The molecule has 0 spiro atoms. The van der Waals surface area contributed by atoms with Gasteiger partial charge in [-0.3, -0.25) is 0 Å². The minimum absolute atomic E-state index is 0.0541. The van der Waals surface area contributed by atoms with Crippen molar-refractivity contribution in [3.05, 3.63) is 77.0 Å². The fourth-order valence-corrected chi connectivity index (χ4v) is 2.02. The second-order valence-electron chi connectivity index (χ2n) is 4.65. The van der Waals surface area contributed by atoms with E-state index in [4.69, 9.17) is 20.9 Å². The average molecular weight is 331 g/mol. The SMILES string of the molecule is Fc1ccccc1/C=N\OCc1ncc(-c2ccc(Cl)cc2)o1. The molecule has 0 radical (unpaired) electrons. The third-order valence-corrected chi connectivity index (χ3v) is 3.29. The van der Waals surface area contributed by atoms with Gasteiger partial charge in [0, 0.05) is 16.1 Å². The minimum Gasteiger partial charge on any atom is -0.437 e. The zero-order chi connectivity index (χ0) is 16.1. The molecule has 0 unspecified atom stereocenters. The standard InChI is InChI=1S/C17H12ClFN2O2/c18-14-7-5-12(6-8-14)16-10-20-17(23-16)11-22-21-9-13-3-1-2-4-15(13)19/h1-10H,11H2/b21-9-. The lowest BCUT2D eigenvalue weighted by Gasteiger charge is -1.97. The molecule has 116 valence electrons. The Morgan fingerprint density at radius 1 is 1.17 bits per heavy atom. The zero-order valence-electron chi connectivity index (χ0n) is 11.9. The first-order valence-corrected chi connectivity index (χ1v) is 7.21. The first-order valence-electron chi connectivity index (χ1n) is 6.83. The van der Waals surface area contributed by atoms with Crippen molar-refractivity contribution in [3.8, 4) is 11.3 Å². The Morgan fingerprint density at radius 2 is 1.96 bits per heavy atom. The molecule has 3 rings (SSSR count). The van der Waals surface area contributed by atoms with Crippen molar-refractivity contribution in [2.75, 3.05) is 0 Å². The highest BCUT2D eigenvalue weighted by atomic mass is 35.5. The maximum atomic E-state index is 13.4. The summed E-state index contributed by atoms with van der Waals surface area (Å²) >= 11 is 5.84. The van der Waals surface area contributed by atoms with Crippen LogP contribution in [0.15, 0.2) is 64.3 Å². The Bertz CT molecular complexity index is 815. The van der Waals surface area contributed by atoms with E-state index in [1.165, 1.54) is 12.3 Å². The highest BCUT2D eigenvalue weighted by Gasteiger charge is 2.06. The van der Waals surface area contributed by atoms with Crippen LogP contribution in [0.4, 0.5) is 4.39 Å². The summed E-state index contributed by atoms with van der Waals surface area (Å²) < 4.78 is 18.9. The van der Waals surface area contributed by atoms with E-state index >= 15 is 0 Å². The lowest BCUT2D eigenvalue weighted by Crippen LogP contribution is -1.90. The fourth-order valence-electron chi connectivity index (χ4n) is 1.89. The molecular weight excluding hydrogens is 319 g/mol. The van der Waals surface area contributed by atoms with Gasteiger partial charge in [0.1, 0.15) is 5.82 Å². The van der Waals surface area contributed by atoms with Gasteiger partial charge in [0.2, 0.25) is 5.89 Å². The molecule has 4 nitrogen and oxygen atoms in total. The number of nitrogens with zero attached hydrogens (tertiary/aromatic N) is 2. The zero-order valence-corrected chi connectivity index (χ0v) is 12.7. The van der Waals surface area contributed by atoms with Crippen LogP contribution in [0.2, 0.25) is 5.02 Å². The molecule has 0 atom stereocenters. The van der Waals surface area contributed by atoms with Gasteiger partial charge in [-0.05, 0) is 30.3 Å². The molecule has 0 fully saturated rings. The number of benzene rings is 2. The van der Waals surface area contributed by atoms with Crippen molar-refractivity contribution in [2.24, 2.45) is 5.16 Å². The van der Waals surface area contributed by atoms with E-state index in [0.29, 0.717) is 22.2 Å². The van der Waals surface area contributed by atoms with Crippen LogP contribution in [0, 0.1) is 5.82 Å². The number of hydrogen-bond acceptors (Lipinski definition) is 4. The van der Waals surface area contributed by atoms with Crippen LogP contribution in [0.3, 0.4) is 0 Å². The Kier molecular flexibility index (Phi) is 4.68. The van der Waals surface area contributed by atoms with Crippen LogP contribution in [0.5, 0.6) is 0 Å². The molecule has 3 aromatic rings. The predicted octanol–water partition coefficient (Wildman–Crippen LogP) is 4.68. The Balaban J connectivity index is 1.59. The quantitative estimate of drug-likeness (QED) is 0.504. The third kappa shape index (κ3) is 3.96. The first kappa shape index (κ1) is 15.2. The molecule has 6 heteroatoms. The smallest absolute Gasteiger partial charge is 0.235 e. The molecule has 0 aliphatic carbocycles. The van der Waals surface area contributed by atoms with Gasteiger partial charge in [-0.15, -0.1) is 0 Å². The first-order chi connectivity index (χ1) is 11.2. The molecule has 0 N–H and O–H groups in total. The topological polar surface area (TPSA) is 47.6 Å². The maximum Gasteiger partial charge on any atom is 0.235 e. The highest BCUT2D eigenvalue weighted by Crippen LogP contribution is 2.22. The van der Waals surface area contributed by atoms with Crippen LogP contribution in [-0.2, 0) is 11.4 Å². The number of oxime groups is 1. The summed E-state index contributed by atoms with van der Waals surface area (Å²) in [6.07, 6.45) is 2.90. The van der Waals surface area contributed by atoms with E-state index in [1.807, 2.05) is 12.1 Å². The van der Waals surface area contributed by atoms with Gasteiger partial charge < -0.3 is 9.25 Å². The minimum atomic E-state index is -0.360. The average Bonchev–Trinajstić information content (AvgIpc) is 3.03. The largest absolute Gasteiger partial charge is 0.437 e. The molecule has 0 amide bonds. The summed E-state index contributed by atoms with van der Waals surface area (Å²) in [4.78, 5) is 9.18. The summed E-state index contributed by atoms with van der Waals surface area (Å²) in [6.45, 7) is 0.0541. The van der Waals surface area contributed by atoms with E-state index in [2.05, 4.69) is 10.1 Å². The molecule has 0 bridgehead atoms. The van der Waals surface area contributed by atoms with E-state index in [0.717, 1.165) is 5.56 Å². The van der Waals surface area contributed by atoms with Crippen LogP contribution in [0.1, 0.15) is 11.5 Å². The summed E-state index contributed by atoms with van der Waals surface area (Å²) in [7, 11) is 0. The third-order valence-electron chi connectivity index (χ3n) is 3.04. The fraction of sp³-hybridized carbons (Fsp3) is 0.0588. The van der Waals surface area contributed by atoms with Gasteiger partial charge in [-0.1, -0.05) is 35.0 Å². The summed E-state index contributed by atoms with van der Waals surface area (Å²) in [5.74, 6) is 0.625. The molecular formula is C17H12ClFN2O2. The van der Waals surface area contributed by atoms with Crippen LogP contribution in [-0.4, -0.2) is 11.2 Å². The van der Waals surface area contributed by atoms with Crippen LogP contribution < -0.4 is 0 Å². The van der Waals surface area contributed by atoms with Crippen molar-refractivity contribution in [2.45, 2.75) is 6.61 Å². The molecule has 0 saturated heterocycles. The van der Waals surface area contributed by atoms with Gasteiger partial charge in [0.05, 0.1) is 12.4 Å². The summed E-state index contributed by atoms with van der Waals surface area (Å²) in [5, 5.41) is 4.36. The lowest BCUT2D eigenvalue weighted by atomic mass is 10.2. The molecule has 0 aliphatic rings. The number of halogens is 2. The van der Waals surface area contributed by atoms with Crippen molar-refractivity contribution < 1.29 is 13.6 Å². The lowest BCUT2D eigenvalue weighted by molar-refractivity contribution is 0.113. The second-order valence-corrected chi connectivity index (χ2v) is 5.09. The van der Waals surface area contributed by atoms with Gasteiger partial charge >= 0.3 is 0 Å². The van der Waals surface area contributed by atoms with Crippen molar-refractivity contribution in [3.63, 3.8) is 0 Å². The number of hydrogen-bond donors (Lipinski definition) is 0. The maximum absolute atomic E-state index is 13.4. The number of aromatic nitrogens is 1. The van der Waals surface area contributed by atoms with Crippen LogP contribution in [0.25, 0.3) is 11.3 Å². The van der Waals surface area contributed by atoms with E-state index < -0.39 is 0 Å². The highest BCUT2D eigenvalue weighted by molar-refractivity contribution is 6.30. The van der Waals surface area contributed by atoms with E-state index in [1.54, 1.807) is 36.5 Å². The molecule has 1 heterocycles. The summed E-state index contributed by atoms with van der Waals surface area (Å²) in [5.41, 5.74) is 1.21. The molecule has 2 aromatic carbocycles. The monoisotopic (exact) mass is 330 g/mol. The van der Waals surface area contributed by atoms with E-state index in [-0.39, 0.29) is 12.4 Å². The van der Waals surface area contributed by atoms with Gasteiger partial charge in [0.15, 0.2) is 12.4 Å². The second kappa shape index (κ2) is 7.07. The summed E-state index contributed by atoms with van der Waals surface area (Å²) in [6, 6.07) is 13.5. The Hall–Kier alpha value is -2.66. The molecule has 1 aromatic heterocycles. The molecule has 0 saturated carbocycles. The normalized spacial score (nSPS) is 11.0. The van der Waals surface area contributed by atoms with Gasteiger partial charge in [-0.2, -0.15) is 0 Å². The number of rotatable bonds is 5. The Labute approximate surface area is 137 Å². The van der Waals surface area contributed by atoms with Crippen molar-refractivity contribution in [1.29, 1.82) is 0 Å². The van der Waals surface area contributed by atoms with Crippen LogP contribution >= 0.6 is 11.6 Å². The van der Waals surface area contributed by atoms with Gasteiger partial charge in [-0.25, -0.2) is 9.37 Å². The van der Waals surface area contributed by atoms with Gasteiger partial charge in [0.25, 0.3) is 0 Å². The predicted molar refractivity (Wildman–Crippen MR) is 85.7 cm³/mol.